The van der Waals surface area contributed by atoms with Gasteiger partial charge in [-0.05, 0) is 0 Å². The van der Waals surface area contributed by atoms with Crippen molar-refractivity contribution >= 4 is 25.1 Å². The van der Waals surface area contributed by atoms with Crippen LogP contribution in [0.2, 0.25) is 0 Å². The summed E-state index contributed by atoms with van der Waals surface area (Å²) < 4.78 is 23.2. The summed E-state index contributed by atoms with van der Waals surface area (Å²) in [6.45, 7) is 1.61. The zero-order valence-corrected chi connectivity index (χ0v) is 12.7. The van der Waals surface area contributed by atoms with Gasteiger partial charge in [0.15, 0.2) is 25.4 Å². The number of aromatic nitrogens is 4. The third-order valence-electron chi connectivity index (χ3n) is 3.36. The molecule has 2 aromatic heterocycles. The van der Waals surface area contributed by atoms with Gasteiger partial charge in [0, 0.05) is 13.1 Å². The molecule has 1 aliphatic heterocycles. The molecule has 22 heavy (non-hydrogen) atoms. The molecular weight excluding hydrogens is 313 g/mol. The summed E-state index contributed by atoms with van der Waals surface area (Å²) in [5.74, 6) is -0.0452. The first-order valence-corrected chi connectivity index (χ1v) is 8.46. The maximum absolute atomic E-state index is 11.7. The number of ether oxygens (including phenoxy) is 1. The maximum atomic E-state index is 11.7. The fourth-order valence-electron chi connectivity index (χ4n) is 2.43. The second-order valence-corrected chi connectivity index (χ2v) is 6.30. The Hall–Kier alpha value is -1.74. The van der Waals surface area contributed by atoms with E-state index in [9.17, 15) is 14.5 Å². The summed E-state index contributed by atoms with van der Waals surface area (Å²) in [6.07, 6.45) is -0.297. The second kappa shape index (κ2) is 5.81. The lowest BCUT2D eigenvalue weighted by Gasteiger charge is -2.16. The highest BCUT2D eigenvalue weighted by Crippen LogP contribution is 2.32. The summed E-state index contributed by atoms with van der Waals surface area (Å²) in [5.41, 5.74) is 5.42. The third-order valence-corrected chi connectivity index (χ3v) is 3.94. The van der Waals surface area contributed by atoms with Crippen LogP contribution in [0.5, 0.6) is 0 Å². The van der Waals surface area contributed by atoms with Crippen LogP contribution in [-0.4, -0.2) is 50.1 Å². The molecule has 0 amide bonds. The van der Waals surface area contributed by atoms with Gasteiger partial charge in [-0.3, -0.25) is 18.9 Å². The smallest absolute Gasteiger partial charge is 0.280 e. The second-order valence-electron chi connectivity index (χ2n) is 5.03. The van der Waals surface area contributed by atoms with Crippen molar-refractivity contribution in [2.24, 2.45) is 0 Å². The van der Waals surface area contributed by atoms with Crippen molar-refractivity contribution in [3.63, 3.8) is 0 Å². The van der Waals surface area contributed by atoms with Gasteiger partial charge in [0.25, 0.3) is 5.56 Å². The number of hydrogen-bond acceptors (Lipinski definition) is 8. The summed E-state index contributed by atoms with van der Waals surface area (Å²) in [4.78, 5) is 22.1. The quantitative estimate of drug-likeness (QED) is 0.635. The minimum atomic E-state index is -2.06. The molecule has 3 rings (SSSR count). The number of fused-ring (bicyclic) bond motifs is 1. The highest BCUT2D eigenvalue weighted by molar-refractivity contribution is 7.38. The SMILES string of the molecule is C[PH](=O)OC[C@@H]1C[C@@H](O)[C@H](n2cnc3c(=O)[nH]c(N)nc32)O1. The molecule has 0 bridgehead atoms. The van der Waals surface area contributed by atoms with Crippen LogP contribution in [0.1, 0.15) is 12.6 Å². The van der Waals surface area contributed by atoms with E-state index in [1.807, 2.05) is 0 Å². The standard InChI is InChI=1S/C11H16N5O5P/c1-22(19)20-3-5-2-6(17)10(21-5)16-4-13-7-8(16)14-11(12)15-9(7)18/h4-6,10,17,22H,2-3H2,1H3,(H3,12,14,15,18)/t5-,6+,10+/m0/s1. The molecule has 0 saturated carbocycles. The number of rotatable bonds is 4. The van der Waals surface area contributed by atoms with Crippen molar-refractivity contribution in [1.29, 1.82) is 0 Å². The molecule has 4 atom stereocenters. The fraction of sp³-hybridized carbons (Fsp3) is 0.545. The van der Waals surface area contributed by atoms with Crippen LogP contribution in [0.15, 0.2) is 11.1 Å². The molecule has 3 heterocycles. The largest absolute Gasteiger partial charge is 0.388 e. The van der Waals surface area contributed by atoms with Crippen molar-refractivity contribution in [2.45, 2.75) is 24.9 Å². The van der Waals surface area contributed by atoms with E-state index in [4.69, 9.17) is 15.0 Å². The number of nitrogen functional groups attached to an aromatic ring is 1. The van der Waals surface area contributed by atoms with Gasteiger partial charge in [0.05, 0.1) is 19.0 Å². The molecule has 1 unspecified atom stereocenters. The van der Waals surface area contributed by atoms with Crippen molar-refractivity contribution in [3.8, 4) is 0 Å². The van der Waals surface area contributed by atoms with E-state index < -0.39 is 32.0 Å². The van der Waals surface area contributed by atoms with E-state index in [-0.39, 0.29) is 23.7 Å². The highest BCUT2D eigenvalue weighted by atomic mass is 31.1. The van der Waals surface area contributed by atoms with Gasteiger partial charge in [-0.25, -0.2) is 4.98 Å². The van der Waals surface area contributed by atoms with Crippen LogP contribution in [0.4, 0.5) is 5.95 Å². The Morgan fingerprint density at radius 2 is 2.45 bits per heavy atom. The average molecular weight is 329 g/mol. The lowest BCUT2D eigenvalue weighted by molar-refractivity contribution is -0.0450. The zero-order chi connectivity index (χ0) is 15.9. The zero-order valence-electron chi connectivity index (χ0n) is 11.7. The minimum absolute atomic E-state index is 0.0452. The van der Waals surface area contributed by atoms with Gasteiger partial charge >= 0.3 is 0 Å². The molecule has 0 aromatic carbocycles. The Bertz CT molecular complexity index is 774. The number of H-pyrrole nitrogens is 1. The van der Waals surface area contributed by atoms with Crippen LogP contribution >= 0.6 is 8.03 Å². The van der Waals surface area contributed by atoms with Crippen molar-refractivity contribution in [2.75, 3.05) is 19.0 Å². The van der Waals surface area contributed by atoms with Crippen molar-refractivity contribution < 1.29 is 18.9 Å². The molecule has 10 nitrogen and oxygen atoms in total. The maximum Gasteiger partial charge on any atom is 0.280 e. The fourth-order valence-corrected chi connectivity index (χ4v) is 2.85. The highest BCUT2D eigenvalue weighted by Gasteiger charge is 2.36. The van der Waals surface area contributed by atoms with E-state index in [0.717, 1.165) is 0 Å². The predicted octanol–water partition coefficient (Wildman–Crippen LogP) is -0.529. The number of nitrogens with one attached hydrogen (secondary N) is 1. The third kappa shape index (κ3) is 2.78. The van der Waals surface area contributed by atoms with Crippen LogP contribution in [0, 0.1) is 0 Å². The van der Waals surface area contributed by atoms with Gasteiger partial charge < -0.3 is 20.1 Å². The molecule has 0 aliphatic carbocycles. The Labute approximate surface area is 125 Å². The van der Waals surface area contributed by atoms with Crippen LogP contribution in [0.25, 0.3) is 11.2 Å². The van der Waals surface area contributed by atoms with Gasteiger partial charge in [-0.2, -0.15) is 4.98 Å². The summed E-state index contributed by atoms with van der Waals surface area (Å²) in [5, 5.41) is 10.2. The molecule has 0 spiro atoms. The summed E-state index contributed by atoms with van der Waals surface area (Å²) in [7, 11) is -2.06. The first kappa shape index (κ1) is 15.2. The Balaban J connectivity index is 1.88. The van der Waals surface area contributed by atoms with Crippen LogP contribution in [0.3, 0.4) is 0 Å². The average Bonchev–Trinajstić information content (AvgIpc) is 3.00. The topological polar surface area (TPSA) is 145 Å². The van der Waals surface area contributed by atoms with Crippen molar-refractivity contribution in [1.82, 2.24) is 19.5 Å². The summed E-state index contributed by atoms with van der Waals surface area (Å²) in [6, 6.07) is 0. The van der Waals surface area contributed by atoms with Crippen LogP contribution < -0.4 is 11.3 Å². The number of nitrogens with two attached hydrogens (primary N) is 1. The van der Waals surface area contributed by atoms with E-state index in [2.05, 4.69) is 15.0 Å². The number of aromatic amines is 1. The number of anilines is 1. The lowest BCUT2D eigenvalue weighted by Crippen LogP contribution is -2.20. The monoisotopic (exact) mass is 329 g/mol. The normalized spacial score (nSPS) is 26.5. The van der Waals surface area contributed by atoms with Gasteiger partial charge in [0.2, 0.25) is 5.95 Å². The van der Waals surface area contributed by atoms with Gasteiger partial charge in [0.1, 0.15) is 6.10 Å². The molecule has 2 aromatic rings. The Morgan fingerprint density at radius 1 is 1.68 bits per heavy atom. The van der Waals surface area contributed by atoms with Crippen molar-refractivity contribution in [3.05, 3.63) is 16.7 Å². The number of aliphatic hydroxyl groups is 1. The number of hydrogen-bond donors (Lipinski definition) is 3. The predicted molar refractivity (Wildman–Crippen MR) is 78.0 cm³/mol. The molecular formula is C11H16N5O5P. The molecule has 1 aliphatic rings. The minimum Gasteiger partial charge on any atom is -0.388 e. The molecule has 120 valence electrons. The summed E-state index contributed by atoms with van der Waals surface area (Å²) >= 11 is 0. The molecule has 0 radical (unpaired) electrons. The Morgan fingerprint density at radius 3 is 3.18 bits per heavy atom. The van der Waals surface area contributed by atoms with E-state index in [0.29, 0.717) is 6.42 Å². The molecule has 4 N–H and O–H groups in total. The molecule has 1 saturated heterocycles. The first-order valence-electron chi connectivity index (χ1n) is 6.65. The molecule has 1 fully saturated rings. The number of aliphatic hydroxyl groups excluding tert-OH is 1. The number of nitrogens with zero attached hydrogens (tertiary/aromatic N) is 3. The van der Waals surface area contributed by atoms with Crippen LogP contribution in [-0.2, 0) is 13.8 Å². The lowest BCUT2D eigenvalue weighted by atomic mass is 10.2. The van der Waals surface area contributed by atoms with Gasteiger partial charge in [-0.15, -0.1) is 0 Å². The van der Waals surface area contributed by atoms with Gasteiger partial charge in [-0.1, -0.05) is 0 Å². The van der Waals surface area contributed by atoms with E-state index in [1.165, 1.54) is 17.6 Å². The Kier molecular flexibility index (Phi) is 4.00. The first-order chi connectivity index (χ1) is 10.5. The molecule has 11 heteroatoms. The van der Waals surface area contributed by atoms with E-state index >= 15 is 0 Å². The number of imidazole rings is 1. The van der Waals surface area contributed by atoms with E-state index in [1.54, 1.807) is 0 Å².